The van der Waals surface area contributed by atoms with E-state index in [1.54, 1.807) is 11.7 Å². The predicted molar refractivity (Wildman–Crippen MR) is 82.8 cm³/mol. The van der Waals surface area contributed by atoms with Gasteiger partial charge in [0.25, 0.3) is 10.0 Å². The van der Waals surface area contributed by atoms with Crippen molar-refractivity contribution in [1.82, 2.24) is 9.55 Å². The molecule has 1 aromatic heterocycles. The molecule has 0 aliphatic heterocycles. The summed E-state index contributed by atoms with van der Waals surface area (Å²) in [5.41, 5.74) is 0.961. The van der Waals surface area contributed by atoms with Gasteiger partial charge in [0, 0.05) is 17.1 Å². The fourth-order valence-electron chi connectivity index (χ4n) is 1.97. The van der Waals surface area contributed by atoms with Gasteiger partial charge >= 0.3 is 0 Å². The van der Waals surface area contributed by atoms with Crippen LogP contribution in [0.4, 0.5) is 0 Å². The van der Waals surface area contributed by atoms with Crippen LogP contribution >= 0.6 is 15.9 Å². The third-order valence-electron chi connectivity index (χ3n) is 3.04. The van der Waals surface area contributed by atoms with Gasteiger partial charge in [0.2, 0.25) is 0 Å². The Bertz CT molecular complexity index is 756. The lowest BCUT2D eigenvalue weighted by Gasteiger charge is -2.10. The van der Waals surface area contributed by atoms with Crippen LogP contribution < -0.4 is 9.88 Å². The minimum Gasteiger partial charge on any atom is -0.497 e. The molecule has 2 aromatic rings. The lowest BCUT2D eigenvalue weighted by Crippen LogP contribution is -2.12. The van der Waals surface area contributed by atoms with E-state index in [9.17, 15) is 8.42 Å². The first-order valence-electron chi connectivity index (χ1n) is 6.26. The standard InChI is InChI=1S/C13H16BrN3O3S/c1-3-12-16-13(21(15,18)19)8-17(12)7-9-6-10(20-2)4-5-11(9)14/h4-6,8H,3,7H2,1-2H3,(H2,15,18,19). The molecule has 0 atom stereocenters. The van der Waals surface area contributed by atoms with Crippen molar-refractivity contribution in [3.8, 4) is 5.75 Å². The second-order valence-corrected chi connectivity index (χ2v) is 6.84. The van der Waals surface area contributed by atoms with E-state index in [-0.39, 0.29) is 5.03 Å². The molecule has 0 aliphatic rings. The molecule has 1 heterocycles. The molecule has 0 saturated carbocycles. The summed E-state index contributed by atoms with van der Waals surface area (Å²) in [6, 6.07) is 5.62. The maximum absolute atomic E-state index is 11.4. The predicted octanol–water partition coefficient (Wildman–Crippen LogP) is 1.91. The van der Waals surface area contributed by atoms with Gasteiger partial charge in [-0.1, -0.05) is 22.9 Å². The number of ether oxygens (including phenoxy) is 1. The Morgan fingerprint density at radius 1 is 1.43 bits per heavy atom. The second kappa shape index (κ2) is 6.17. The van der Waals surface area contributed by atoms with Crippen LogP contribution in [0.2, 0.25) is 0 Å². The number of methoxy groups -OCH3 is 1. The molecule has 0 radical (unpaired) electrons. The van der Waals surface area contributed by atoms with Crippen molar-refractivity contribution in [2.24, 2.45) is 5.14 Å². The SMILES string of the molecule is CCc1nc(S(N)(=O)=O)cn1Cc1cc(OC)ccc1Br. The molecule has 0 aliphatic carbocycles. The first-order valence-corrected chi connectivity index (χ1v) is 8.60. The highest BCUT2D eigenvalue weighted by molar-refractivity contribution is 9.10. The molecule has 0 bridgehead atoms. The van der Waals surface area contributed by atoms with Crippen LogP contribution in [0.1, 0.15) is 18.3 Å². The number of nitrogens with zero attached hydrogens (tertiary/aromatic N) is 2. The van der Waals surface area contributed by atoms with Gasteiger partial charge in [0.15, 0.2) is 5.03 Å². The number of primary sulfonamides is 1. The molecule has 0 amide bonds. The average Bonchev–Trinajstić information content (AvgIpc) is 2.84. The van der Waals surface area contributed by atoms with Crippen LogP contribution in [0.5, 0.6) is 5.75 Å². The molecular formula is C13H16BrN3O3S. The van der Waals surface area contributed by atoms with Crippen LogP contribution in [0.25, 0.3) is 0 Å². The number of aromatic nitrogens is 2. The van der Waals surface area contributed by atoms with E-state index in [0.29, 0.717) is 18.8 Å². The summed E-state index contributed by atoms with van der Waals surface area (Å²) >= 11 is 3.48. The molecule has 8 heteroatoms. The minimum atomic E-state index is -3.80. The van der Waals surface area contributed by atoms with Gasteiger partial charge in [-0.3, -0.25) is 0 Å². The number of aryl methyl sites for hydroxylation is 1. The summed E-state index contributed by atoms with van der Waals surface area (Å²) in [4.78, 5) is 4.07. The van der Waals surface area contributed by atoms with E-state index in [4.69, 9.17) is 9.88 Å². The minimum absolute atomic E-state index is 0.113. The maximum Gasteiger partial charge on any atom is 0.257 e. The van der Waals surface area contributed by atoms with Gasteiger partial charge in [0.05, 0.1) is 13.7 Å². The number of benzene rings is 1. The summed E-state index contributed by atoms with van der Waals surface area (Å²) in [6.07, 6.45) is 2.07. The zero-order valence-corrected chi connectivity index (χ0v) is 14.1. The van der Waals surface area contributed by atoms with Crippen molar-refractivity contribution in [1.29, 1.82) is 0 Å². The maximum atomic E-state index is 11.4. The Morgan fingerprint density at radius 3 is 2.71 bits per heavy atom. The van der Waals surface area contributed by atoms with Gasteiger partial charge < -0.3 is 9.30 Å². The fraction of sp³-hybridized carbons (Fsp3) is 0.308. The monoisotopic (exact) mass is 373 g/mol. The highest BCUT2D eigenvalue weighted by Crippen LogP contribution is 2.24. The van der Waals surface area contributed by atoms with Crippen molar-refractivity contribution in [3.63, 3.8) is 0 Å². The van der Waals surface area contributed by atoms with E-state index in [1.807, 2.05) is 25.1 Å². The largest absolute Gasteiger partial charge is 0.497 e. The van der Waals surface area contributed by atoms with E-state index in [1.165, 1.54) is 6.20 Å². The van der Waals surface area contributed by atoms with Crippen LogP contribution in [0, 0.1) is 0 Å². The number of hydrogen-bond acceptors (Lipinski definition) is 4. The van der Waals surface area contributed by atoms with Gasteiger partial charge in [-0.2, -0.15) is 0 Å². The molecule has 2 N–H and O–H groups in total. The third kappa shape index (κ3) is 3.63. The smallest absolute Gasteiger partial charge is 0.257 e. The summed E-state index contributed by atoms with van der Waals surface area (Å²) in [5.74, 6) is 1.40. The van der Waals surface area contributed by atoms with Gasteiger partial charge in [-0.25, -0.2) is 18.5 Å². The van der Waals surface area contributed by atoms with E-state index in [0.717, 1.165) is 15.8 Å². The topological polar surface area (TPSA) is 87.2 Å². The molecule has 0 unspecified atom stereocenters. The average molecular weight is 374 g/mol. The third-order valence-corrected chi connectivity index (χ3v) is 4.59. The van der Waals surface area contributed by atoms with E-state index in [2.05, 4.69) is 20.9 Å². The molecular weight excluding hydrogens is 358 g/mol. The Hall–Kier alpha value is -1.38. The summed E-state index contributed by atoms with van der Waals surface area (Å²) < 4.78 is 30.7. The summed E-state index contributed by atoms with van der Waals surface area (Å²) in [7, 11) is -2.20. The number of rotatable bonds is 5. The van der Waals surface area contributed by atoms with E-state index >= 15 is 0 Å². The zero-order valence-electron chi connectivity index (χ0n) is 11.7. The normalized spacial score (nSPS) is 11.6. The number of sulfonamides is 1. The Kier molecular flexibility index (Phi) is 4.70. The van der Waals surface area contributed by atoms with E-state index < -0.39 is 10.0 Å². The van der Waals surface area contributed by atoms with Crippen molar-refractivity contribution in [2.75, 3.05) is 7.11 Å². The number of halogens is 1. The number of nitrogens with two attached hydrogens (primary N) is 1. The number of imidazole rings is 1. The van der Waals surface area contributed by atoms with Crippen molar-refractivity contribution >= 4 is 26.0 Å². The quantitative estimate of drug-likeness (QED) is 0.866. The molecule has 6 nitrogen and oxygen atoms in total. The molecule has 114 valence electrons. The first kappa shape index (κ1) is 16.0. The fourth-order valence-corrected chi connectivity index (χ4v) is 2.85. The highest BCUT2D eigenvalue weighted by Gasteiger charge is 2.16. The van der Waals surface area contributed by atoms with Crippen LogP contribution in [-0.4, -0.2) is 25.1 Å². The van der Waals surface area contributed by atoms with Crippen LogP contribution in [0.15, 0.2) is 33.9 Å². The first-order chi connectivity index (χ1) is 9.85. The van der Waals surface area contributed by atoms with Crippen molar-refractivity contribution in [2.45, 2.75) is 24.9 Å². The molecule has 21 heavy (non-hydrogen) atoms. The Morgan fingerprint density at radius 2 is 2.14 bits per heavy atom. The van der Waals surface area contributed by atoms with Crippen molar-refractivity contribution in [3.05, 3.63) is 40.3 Å². The van der Waals surface area contributed by atoms with Crippen LogP contribution in [0.3, 0.4) is 0 Å². The van der Waals surface area contributed by atoms with Gasteiger partial charge in [-0.05, 0) is 23.8 Å². The lowest BCUT2D eigenvalue weighted by molar-refractivity contribution is 0.414. The summed E-state index contributed by atoms with van der Waals surface area (Å²) in [5, 5.41) is 5.02. The van der Waals surface area contributed by atoms with Crippen molar-refractivity contribution < 1.29 is 13.2 Å². The Balaban J connectivity index is 2.42. The summed E-state index contributed by atoms with van der Waals surface area (Å²) in [6.45, 7) is 2.38. The molecule has 0 saturated heterocycles. The molecule has 2 rings (SSSR count). The molecule has 0 spiro atoms. The van der Waals surface area contributed by atoms with Crippen LogP contribution in [-0.2, 0) is 23.0 Å². The second-order valence-electron chi connectivity index (χ2n) is 4.48. The lowest BCUT2D eigenvalue weighted by atomic mass is 10.2. The zero-order chi connectivity index (χ0) is 15.6. The number of hydrogen-bond donors (Lipinski definition) is 1. The Labute approximate surface area is 132 Å². The van der Waals surface area contributed by atoms with Gasteiger partial charge in [0.1, 0.15) is 11.6 Å². The van der Waals surface area contributed by atoms with Gasteiger partial charge in [-0.15, -0.1) is 0 Å². The molecule has 0 fully saturated rings. The highest BCUT2D eigenvalue weighted by atomic mass is 79.9. The molecule has 1 aromatic carbocycles.